The number of ether oxygens (including phenoxy) is 1. The summed E-state index contributed by atoms with van der Waals surface area (Å²) in [6.45, 7) is 5.32. The lowest BCUT2D eigenvalue weighted by Gasteiger charge is -2.31. The summed E-state index contributed by atoms with van der Waals surface area (Å²) in [6, 6.07) is 13.3. The standard InChI is InChI=1S/C25H26ClN5O3/c1-17-12-23(29(2)28-17)25(32)31(16-21-4-3-9-34-21)15-19-13-18-5-6-20(26)14-22(18)27-24(19)30-7-10-33-11-8-30/h3-6,9,12-14H,7-8,10-11,15-16H2,1-2H3. The minimum atomic E-state index is -0.122. The largest absolute Gasteiger partial charge is 0.467 e. The van der Waals surface area contributed by atoms with Crippen LogP contribution < -0.4 is 4.90 Å². The summed E-state index contributed by atoms with van der Waals surface area (Å²) in [7, 11) is 1.78. The maximum atomic E-state index is 13.7. The molecule has 4 aromatic rings. The van der Waals surface area contributed by atoms with E-state index in [4.69, 9.17) is 25.7 Å². The van der Waals surface area contributed by atoms with E-state index in [9.17, 15) is 4.79 Å². The number of anilines is 1. The van der Waals surface area contributed by atoms with Crippen molar-refractivity contribution in [2.75, 3.05) is 31.2 Å². The van der Waals surface area contributed by atoms with Gasteiger partial charge in [0.05, 0.1) is 43.8 Å². The van der Waals surface area contributed by atoms with Crippen LogP contribution in [0.3, 0.4) is 0 Å². The highest BCUT2D eigenvalue weighted by molar-refractivity contribution is 6.31. The van der Waals surface area contributed by atoms with Crippen molar-refractivity contribution in [2.24, 2.45) is 7.05 Å². The van der Waals surface area contributed by atoms with E-state index in [2.05, 4.69) is 16.1 Å². The highest BCUT2D eigenvalue weighted by atomic mass is 35.5. The number of furan rings is 1. The number of carbonyl (C=O) groups is 1. The number of halogens is 1. The number of morpholine rings is 1. The van der Waals surface area contributed by atoms with E-state index < -0.39 is 0 Å². The first-order chi connectivity index (χ1) is 16.5. The maximum Gasteiger partial charge on any atom is 0.272 e. The van der Waals surface area contributed by atoms with Gasteiger partial charge in [0.25, 0.3) is 5.91 Å². The van der Waals surface area contributed by atoms with Crippen LogP contribution >= 0.6 is 11.6 Å². The van der Waals surface area contributed by atoms with Crippen molar-refractivity contribution in [3.8, 4) is 0 Å². The monoisotopic (exact) mass is 479 g/mol. The quantitative estimate of drug-likeness (QED) is 0.412. The van der Waals surface area contributed by atoms with Crippen LogP contribution in [0.1, 0.15) is 27.5 Å². The molecule has 1 aliphatic rings. The van der Waals surface area contributed by atoms with E-state index in [-0.39, 0.29) is 5.91 Å². The lowest BCUT2D eigenvalue weighted by Crippen LogP contribution is -2.38. The summed E-state index contributed by atoms with van der Waals surface area (Å²) in [4.78, 5) is 22.6. The molecule has 5 rings (SSSR count). The highest BCUT2D eigenvalue weighted by Crippen LogP contribution is 2.28. The number of amides is 1. The smallest absolute Gasteiger partial charge is 0.272 e. The summed E-state index contributed by atoms with van der Waals surface area (Å²) >= 11 is 6.24. The zero-order valence-corrected chi connectivity index (χ0v) is 20.0. The first-order valence-electron chi connectivity index (χ1n) is 11.2. The van der Waals surface area contributed by atoms with Crippen molar-refractivity contribution >= 4 is 34.2 Å². The van der Waals surface area contributed by atoms with Crippen molar-refractivity contribution in [3.63, 3.8) is 0 Å². The summed E-state index contributed by atoms with van der Waals surface area (Å²) in [6.07, 6.45) is 1.62. The first kappa shape index (κ1) is 22.4. The van der Waals surface area contributed by atoms with Crippen molar-refractivity contribution in [2.45, 2.75) is 20.0 Å². The molecule has 0 bridgehead atoms. The van der Waals surface area contributed by atoms with Crippen LogP contribution in [-0.4, -0.2) is 51.9 Å². The van der Waals surface area contributed by atoms with E-state index >= 15 is 0 Å². The molecule has 1 aliphatic heterocycles. The number of hydrogen-bond acceptors (Lipinski definition) is 6. The lowest BCUT2D eigenvalue weighted by atomic mass is 10.1. The average Bonchev–Trinajstić information content (AvgIpc) is 3.47. The third-order valence-electron chi connectivity index (χ3n) is 5.94. The fraction of sp³-hybridized carbons (Fsp3) is 0.320. The zero-order chi connectivity index (χ0) is 23.7. The van der Waals surface area contributed by atoms with Gasteiger partial charge in [-0.15, -0.1) is 0 Å². The molecular weight excluding hydrogens is 454 g/mol. The molecule has 176 valence electrons. The van der Waals surface area contributed by atoms with Crippen molar-refractivity contribution in [1.82, 2.24) is 19.7 Å². The molecule has 4 heterocycles. The molecule has 0 radical (unpaired) electrons. The van der Waals surface area contributed by atoms with Crippen LogP contribution in [0.4, 0.5) is 5.82 Å². The van der Waals surface area contributed by atoms with Crippen molar-refractivity contribution in [3.05, 3.63) is 76.5 Å². The van der Waals surface area contributed by atoms with Gasteiger partial charge in [0, 0.05) is 36.1 Å². The molecule has 1 amide bonds. The Hall–Kier alpha value is -3.36. The van der Waals surface area contributed by atoms with Crippen LogP contribution in [-0.2, 0) is 24.9 Å². The SMILES string of the molecule is Cc1cc(C(=O)N(Cc2ccco2)Cc2cc3ccc(Cl)cc3nc2N2CCOCC2)n(C)n1. The van der Waals surface area contributed by atoms with Gasteiger partial charge in [0.1, 0.15) is 17.3 Å². The Labute approximate surface area is 202 Å². The Kier molecular flexibility index (Phi) is 6.26. The van der Waals surface area contributed by atoms with Gasteiger partial charge in [-0.05, 0) is 43.3 Å². The van der Waals surface area contributed by atoms with E-state index in [1.165, 1.54) is 0 Å². The van der Waals surface area contributed by atoms with Crippen LogP contribution in [0.15, 0.2) is 53.1 Å². The van der Waals surface area contributed by atoms with Crippen LogP contribution in [0.2, 0.25) is 5.02 Å². The molecule has 0 aliphatic carbocycles. The number of benzene rings is 1. The molecule has 3 aromatic heterocycles. The number of hydrogen-bond donors (Lipinski definition) is 0. The van der Waals surface area contributed by atoms with Gasteiger partial charge in [-0.3, -0.25) is 9.48 Å². The molecular formula is C25H26ClN5O3. The van der Waals surface area contributed by atoms with Gasteiger partial charge >= 0.3 is 0 Å². The van der Waals surface area contributed by atoms with E-state index in [0.29, 0.717) is 42.8 Å². The van der Waals surface area contributed by atoms with E-state index in [1.807, 2.05) is 37.3 Å². The third kappa shape index (κ3) is 4.64. The molecule has 1 aromatic carbocycles. The van der Waals surface area contributed by atoms with Crippen molar-refractivity contribution in [1.29, 1.82) is 0 Å². The molecule has 1 fully saturated rings. The number of fused-ring (bicyclic) bond motifs is 1. The van der Waals surface area contributed by atoms with Gasteiger partial charge in [-0.25, -0.2) is 4.98 Å². The Morgan fingerprint density at radius 3 is 2.68 bits per heavy atom. The van der Waals surface area contributed by atoms with Gasteiger partial charge in [-0.2, -0.15) is 5.10 Å². The molecule has 1 saturated heterocycles. The van der Waals surface area contributed by atoms with Gasteiger partial charge in [-0.1, -0.05) is 17.7 Å². The third-order valence-corrected chi connectivity index (χ3v) is 6.18. The topological polar surface area (TPSA) is 76.6 Å². The van der Waals surface area contributed by atoms with Crippen molar-refractivity contribution < 1.29 is 13.9 Å². The summed E-state index contributed by atoms with van der Waals surface area (Å²) in [5.41, 5.74) is 3.10. The molecule has 8 nitrogen and oxygen atoms in total. The maximum absolute atomic E-state index is 13.7. The second kappa shape index (κ2) is 9.48. The van der Waals surface area contributed by atoms with Crippen LogP contribution in [0, 0.1) is 6.92 Å². The molecule has 0 spiro atoms. The Morgan fingerprint density at radius 2 is 1.97 bits per heavy atom. The zero-order valence-electron chi connectivity index (χ0n) is 19.2. The molecule has 34 heavy (non-hydrogen) atoms. The molecule has 0 atom stereocenters. The van der Waals surface area contributed by atoms with Crippen LogP contribution in [0.25, 0.3) is 10.9 Å². The number of rotatable bonds is 6. The van der Waals surface area contributed by atoms with E-state index in [0.717, 1.165) is 41.1 Å². The predicted octanol–water partition coefficient (Wildman–Crippen LogP) is 4.20. The fourth-order valence-corrected chi connectivity index (χ4v) is 4.47. The highest BCUT2D eigenvalue weighted by Gasteiger charge is 2.25. The Morgan fingerprint density at radius 1 is 1.15 bits per heavy atom. The molecule has 0 unspecified atom stereocenters. The molecule has 0 N–H and O–H groups in total. The number of aryl methyl sites for hydroxylation is 2. The first-order valence-corrected chi connectivity index (χ1v) is 11.6. The predicted molar refractivity (Wildman–Crippen MR) is 130 cm³/mol. The van der Waals surface area contributed by atoms with Gasteiger partial charge in [0.2, 0.25) is 0 Å². The summed E-state index contributed by atoms with van der Waals surface area (Å²) < 4.78 is 12.8. The average molecular weight is 480 g/mol. The van der Waals surface area contributed by atoms with E-state index in [1.54, 1.807) is 29.0 Å². The van der Waals surface area contributed by atoms with Gasteiger partial charge < -0.3 is 19.0 Å². The second-order valence-electron chi connectivity index (χ2n) is 8.44. The minimum Gasteiger partial charge on any atom is -0.467 e. The number of aromatic nitrogens is 3. The lowest BCUT2D eigenvalue weighted by molar-refractivity contribution is 0.0706. The summed E-state index contributed by atoms with van der Waals surface area (Å²) in [5.74, 6) is 1.43. The molecule has 9 heteroatoms. The number of carbonyl (C=O) groups excluding carboxylic acids is 1. The normalized spacial score (nSPS) is 14.0. The fourth-order valence-electron chi connectivity index (χ4n) is 4.31. The second-order valence-corrected chi connectivity index (χ2v) is 8.88. The van der Waals surface area contributed by atoms with Crippen LogP contribution in [0.5, 0.6) is 0 Å². The van der Waals surface area contributed by atoms with Gasteiger partial charge in [0.15, 0.2) is 0 Å². The molecule has 0 saturated carbocycles. The number of nitrogens with zero attached hydrogens (tertiary/aromatic N) is 5. The number of pyridine rings is 1. The summed E-state index contributed by atoms with van der Waals surface area (Å²) in [5, 5.41) is 5.97. The minimum absolute atomic E-state index is 0.122. The Bertz CT molecular complexity index is 1310. The Balaban J connectivity index is 1.56.